The number of halogens is 2. The minimum Gasteiger partial charge on any atom is -0.508 e. The number of amides is 1. The largest absolute Gasteiger partial charge is 0.508 e. The monoisotopic (exact) mass is 635 g/mol. The maximum Gasteiger partial charge on any atom is 0.236 e. The van der Waals surface area contributed by atoms with E-state index in [1.54, 1.807) is 12.1 Å². The second-order valence-electron chi connectivity index (χ2n) is 13.1. The van der Waals surface area contributed by atoms with Gasteiger partial charge in [0, 0.05) is 47.2 Å². The molecule has 1 unspecified atom stereocenters. The summed E-state index contributed by atoms with van der Waals surface area (Å²) in [7, 11) is 4.10. The molecule has 7 nitrogen and oxygen atoms in total. The third-order valence-electron chi connectivity index (χ3n) is 10.2. The fraction of sp³-hybridized carbons (Fsp3) is 0.297. The van der Waals surface area contributed by atoms with Crippen molar-refractivity contribution in [3.05, 3.63) is 94.3 Å². The van der Waals surface area contributed by atoms with Gasteiger partial charge in [0.25, 0.3) is 0 Å². The van der Waals surface area contributed by atoms with E-state index in [2.05, 4.69) is 34.5 Å². The Morgan fingerprint density at radius 2 is 1.85 bits per heavy atom. The van der Waals surface area contributed by atoms with Crippen molar-refractivity contribution >= 4 is 50.7 Å². The van der Waals surface area contributed by atoms with Crippen LogP contribution < -0.4 is 15.5 Å². The minimum atomic E-state index is -0.831. The predicted molar refractivity (Wildman–Crippen MR) is 183 cm³/mol. The summed E-state index contributed by atoms with van der Waals surface area (Å²) in [6.07, 6.45) is 1.85. The molecule has 2 fully saturated rings. The van der Waals surface area contributed by atoms with Crippen LogP contribution in [0.15, 0.2) is 66.7 Å². The number of fused-ring (bicyclic) bond motifs is 5. The zero-order chi connectivity index (χ0) is 31.7. The van der Waals surface area contributed by atoms with E-state index in [1.165, 1.54) is 0 Å². The van der Waals surface area contributed by atoms with Crippen molar-refractivity contribution in [3.8, 4) is 16.9 Å². The fourth-order valence-electron chi connectivity index (χ4n) is 7.64. The Morgan fingerprint density at radius 1 is 1.07 bits per heavy atom. The maximum absolute atomic E-state index is 17.6. The highest BCUT2D eigenvalue weighted by molar-refractivity contribution is 6.31. The Morgan fingerprint density at radius 3 is 2.61 bits per heavy atom. The lowest BCUT2D eigenvalue weighted by Crippen LogP contribution is -2.57. The van der Waals surface area contributed by atoms with Gasteiger partial charge in [0.15, 0.2) is 11.6 Å². The first-order valence-electron chi connectivity index (χ1n) is 15.8. The van der Waals surface area contributed by atoms with Crippen LogP contribution in [0.1, 0.15) is 29.5 Å². The first kappa shape index (κ1) is 29.2. The van der Waals surface area contributed by atoms with Gasteiger partial charge in [-0.2, -0.15) is 0 Å². The van der Waals surface area contributed by atoms with E-state index in [0.29, 0.717) is 64.0 Å². The van der Waals surface area contributed by atoms with Crippen LogP contribution in [0.25, 0.3) is 32.8 Å². The van der Waals surface area contributed by atoms with Crippen molar-refractivity contribution in [2.75, 3.05) is 50.5 Å². The molecule has 3 N–H and O–H groups in total. The quantitative estimate of drug-likeness (QED) is 0.206. The van der Waals surface area contributed by atoms with Gasteiger partial charge in [-0.1, -0.05) is 54.1 Å². The van der Waals surface area contributed by atoms with Crippen molar-refractivity contribution in [2.45, 2.75) is 30.7 Å². The number of hydrogen-bond acceptors (Lipinski definition) is 6. The SMILES string of the molecule is CN(C)C1CN(c2nc3c(F)c(-c4cc(O)cc5ccccc45)c(Cc4ccccc4Cl)cc3c3c2NC(=O)C32CCCNC2)C1. The van der Waals surface area contributed by atoms with Crippen molar-refractivity contribution in [2.24, 2.45) is 0 Å². The summed E-state index contributed by atoms with van der Waals surface area (Å²) < 4.78 is 17.6. The fourth-order valence-corrected chi connectivity index (χ4v) is 7.84. The summed E-state index contributed by atoms with van der Waals surface area (Å²) in [6.45, 7) is 2.77. The molecule has 46 heavy (non-hydrogen) atoms. The summed E-state index contributed by atoms with van der Waals surface area (Å²) in [5.41, 5.74) is 3.44. The highest BCUT2D eigenvalue weighted by atomic mass is 35.5. The lowest BCUT2D eigenvalue weighted by Gasteiger charge is -2.44. The van der Waals surface area contributed by atoms with Crippen LogP contribution in [0, 0.1) is 5.82 Å². The van der Waals surface area contributed by atoms with E-state index in [1.807, 2.05) is 54.6 Å². The van der Waals surface area contributed by atoms with Crippen LogP contribution in [0.3, 0.4) is 0 Å². The molecule has 1 spiro atoms. The van der Waals surface area contributed by atoms with Gasteiger partial charge in [-0.25, -0.2) is 9.37 Å². The molecule has 9 heteroatoms. The van der Waals surface area contributed by atoms with Gasteiger partial charge in [0.05, 0.1) is 11.1 Å². The zero-order valence-electron chi connectivity index (χ0n) is 25.8. The second kappa shape index (κ2) is 10.9. The number of aromatic nitrogens is 1. The number of hydrogen-bond donors (Lipinski definition) is 3. The summed E-state index contributed by atoms with van der Waals surface area (Å²) in [6, 6.07) is 20.9. The number of aromatic hydroxyl groups is 1. The van der Waals surface area contributed by atoms with E-state index in [9.17, 15) is 9.90 Å². The molecule has 0 bridgehead atoms. The molecular weight excluding hydrogens is 601 g/mol. The van der Waals surface area contributed by atoms with Crippen LogP contribution in [-0.4, -0.2) is 67.2 Å². The van der Waals surface area contributed by atoms with Crippen molar-refractivity contribution in [1.29, 1.82) is 0 Å². The van der Waals surface area contributed by atoms with Gasteiger partial charge in [0.2, 0.25) is 5.91 Å². The summed E-state index contributed by atoms with van der Waals surface area (Å²) >= 11 is 6.67. The molecule has 4 aromatic carbocycles. The standard InChI is InChI=1S/C37H35ClFN5O2/c1-43(2)24-18-44(19-24)35-34-31(37(36(46)42-34)12-7-13-40-20-37)28-16-23(14-22-9-4-6-11-29(22)38)30(32(39)33(28)41-35)27-17-25(45)15-21-8-3-5-10-26(21)27/h3-6,8-11,15-17,24,40,45H,7,12-14,18-20H2,1-2H3,(H,42,46). The second-order valence-corrected chi connectivity index (χ2v) is 13.5. The first-order chi connectivity index (χ1) is 22.2. The molecule has 1 amide bonds. The predicted octanol–water partition coefficient (Wildman–Crippen LogP) is 6.47. The van der Waals surface area contributed by atoms with Gasteiger partial charge < -0.3 is 25.5 Å². The molecule has 0 radical (unpaired) electrons. The lowest BCUT2D eigenvalue weighted by atomic mass is 9.74. The summed E-state index contributed by atoms with van der Waals surface area (Å²) in [4.78, 5) is 23.3. The molecule has 1 aromatic heterocycles. The number of rotatable bonds is 5. The lowest BCUT2D eigenvalue weighted by molar-refractivity contribution is -0.121. The number of carbonyl (C=O) groups is 1. The number of benzene rings is 4. The van der Waals surface area contributed by atoms with E-state index in [4.69, 9.17) is 16.6 Å². The number of piperidine rings is 1. The van der Waals surface area contributed by atoms with Crippen molar-refractivity contribution in [3.63, 3.8) is 0 Å². The number of phenolic OH excluding ortho intramolecular Hbond substituents is 1. The Balaban J connectivity index is 1.45. The van der Waals surface area contributed by atoms with Crippen LogP contribution in [0.4, 0.5) is 15.9 Å². The van der Waals surface area contributed by atoms with Crippen molar-refractivity contribution < 1.29 is 14.3 Å². The molecule has 3 aliphatic rings. The number of carbonyl (C=O) groups excluding carboxylic acids is 1. The van der Waals surface area contributed by atoms with Crippen LogP contribution >= 0.6 is 11.6 Å². The third-order valence-corrected chi connectivity index (χ3v) is 10.5. The van der Waals surface area contributed by atoms with Gasteiger partial charge in [0.1, 0.15) is 11.3 Å². The number of phenols is 1. The van der Waals surface area contributed by atoms with Crippen LogP contribution in [0.2, 0.25) is 5.02 Å². The number of nitrogens with one attached hydrogen (secondary N) is 2. The first-order valence-corrected chi connectivity index (χ1v) is 16.2. The normalized spacial score (nSPS) is 19.7. The third kappa shape index (κ3) is 4.46. The summed E-state index contributed by atoms with van der Waals surface area (Å²) in [5.74, 6) is 0.131. The molecular formula is C37H35ClFN5O2. The number of anilines is 2. The Kier molecular flexibility index (Phi) is 6.94. The number of nitrogens with zero attached hydrogens (tertiary/aromatic N) is 3. The molecule has 8 rings (SSSR count). The number of likely N-dealkylation sites (N-methyl/N-ethyl adjacent to an activating group) is 1. The van der Waals surface area contributed by atoms with Gasteiger partial charge >= 0.3 is 0 Å². The van der Waals surface area contributed by atoms with Crippen LogP contribution in [0.5, 0.6) is 5.75 Å². The topological polar surface area (TPSA) is 80.7 Å². The summed E-state index contributed by atoms with van der Waals surface area (Å²) in [5, 5.41) is 20.3. The van der Waals surface area contributed by atoms with E-state index >= 15 is 4.39 Å². The van der Waals surface area contributed by atoms with E-state index in [-0.39, 0.29) is 17.2 Å². The van der Waals surface area contributed by atoms with Crippen molar-refractivity contribution in [1.82, 2.24) is 15.2 Å². The smallest absolute Gasteiger partial charge is 0.236 e. The zero-order valence-corrected chi connectivity index (χ0v) is 26.6. The van der Waals surface area contributed by atoms with Gasteiger partial charge in [-0.05, 0) is 91.6 Å². The van der Waals surface area contributed by atoms with Gasteiger partial charge in [-0.15, -0.1) is 0 Å². The van der Waals surface area contributed by atoms with E-state index in [0.717, 1.165) is 48.0 Å². The molecule has 2 saturated heterocycles. The van der Waals surface area contributed by atoms with E-state index < -0.39 is 11.2 Å². The Labute approximate surface area is 272 Å². The molecule has 3 aliphatic heterocycles. The molecule has 4 heterocycles. The maximum atomic E-state index is 17.6. The van der Waals surface area contributed by atoms with Gasteiger partial charge in [-0.3, -0.25) is 4.79 Å². The highest BCUT2D eigenvalue weighted by Gasteiger charge is 2.51. The minimum absolute atomic E-state index is 0.0526. The average Bonchev–Trinajstić information content (AvgIpc) is 3.29. The molecule has 234 valence electrons. The highest BCUT2D eigenvalue weighted by Crippen LogP contribution is 2.51. The molecule has 0 aliphatic carbocycles. The average molecular weight is 636 g/mol. The number of pyridine rings is 1. The Bertz CT molecular complexity index is 2050. The Hall–Kier alpha value is -4.24. The van der Waals surface area contributed by atoms with Crippen LogP contribution in [-0.2, 0) is 16.6 Å². The molecule has 1 atom stereocenters. The molecule has 0 saturated carbocycles. The molecule has 5 aromatic rings.